The summed E-state index contributed by atoms with van der Waals surface area (Å²) in [4.78, 5) is 0. The van der Waals surface area contributed by atoms with E-state index in [1.54, 1.807) is 0 Å². The molecule has 1 aromatic rings. The van der Waals surface area contributed by atoms with Crippen LogP contribution in [0.1, 0.15) is 25.8 Å². The zero-order valence-corrected chi connectivity index (χ0v) is 12.3. The van der Waals surface area contributed by atoms with Crippen molar-refractivity contribution in [2.45, 2.75) is 26.3 Å². The average Bonchev–Trinajstić information content (AvgIpc) is 2.33. The van der Waals surface area contributed by atoms with Crippen LogP contribution in [0, 0.1) is 16.7 Å². The van der Waals surface area contributed by atoms with E-state index in [4.69, 9.17) is 0 Å². The number of nitrogens with one attached hydrogen (secondary N) is 2. The molecule has 4 heteroatoms. The molecule has 1 heterocycles. The lowest BCUT2D eigenvalue weighted by Crippen LogP contribution is -2.49. The molecule has 0 aromatic heterocycles. The Kier molecular flexibility index (Phi) is 3.94. The van der Waals surface area contributed by atoms with Gasteiger partial charge in [-0.3, -0.25) is 0 Å². The predicted molar refractivity (Wildman–Crippen MR) is 77.5 cm³/mol. The van der Waals surface area contributed by atoms with Gasteiger partial charge in [0.05, 0.1) is 11.3 Å². The van der Waals surface area contributed by atoms with E-state index in [9.17, 15) is 5.26 Å². The van der Waals surface area contributed by atoms with Gasteiger partial charge in [0.1, 0.15) is 6.07 Å². The van der Waals surface area contributed by atoms with Gasteiger partial charge in [-0.15, -0.1) is 0 Å². The molecule has 2 rings (SSSR count). The van der Waals surface area contributed by atoms with Crippen LogP contribution in [-0.2, 0) is 0 Å². The number of hydrogen-bond acceptors (Lipinski definition) is 3. The van der Waals surface area contributed by atoms with E-state index in [0.717, 1.165) is 29.7 Å². The summed E-state index contributed by atoms with van der Waals surface area (Å²) in [5, 5.41) is 16.1. The summed E-state index contributed by atoms with van der Waals surface area (Å²) < 4.78 is 0.939. The van der Waals surface area contributed by atoms with Gasteiger partial charge in [0, 0.05) is 17.1 Å². The first kappa shape index (κ1) is 13.4. The zero-order chi connectivity index (χ0) is 13.2. The summed E-state index contributed by atoms with van der Waals surface area (Å²) in [5.41, 5.74) is 1.82. The normalized spacial score (nSPS) is 22.2. The lowest BCUT2D eigenvalue weighted by Gasteiger charge is -2.40. The van der Waals surface area contributed by atoms with Crippen LogP contribution in [0.2, 0.25) is 0 Å². The molecular formula is C14H18BrN3. The molecule has 0 bridgehead atoms. The molecule has 0 radical (unpaired) electrons. The van der Waals surface area contributed by atoms with Crippen molar-refractivity contribution in [3.05, 3.63) is 28.2 Å². The standard InChI is InChI=1S/C14H18BrN3/c1-14(2)9-17-6-5-13(14)18-12-4-3-11(15)7-10(12)8-16/h3-4,7,13,17-18H,5-6,9H2,1-2H3. The van der Waals surface area contributed by atoms with Crippen molar-refractivity contribution in [2.75, 3.05) is 18.4 Å². The third kappa shape index (κ3) is 2.85. The highest BCUT2D eigenvalue weighted by atomic mass is 79.9. The molecular weight excluding hydrogens is 290 g/mol. The SMILES string of the molecule is CC1(C)CNCCC1Nc1ccc(Br)cc1C#N. The summed E-state index contributed by atoms with van der Waals surface area (Å²) in [6.45, 7) is 6.53. The molecule has 1 fully saturated rings. The number of hydrogen-bond donors (Lipinski definition) is 2. The number of piperidine rings is 1. The van der Waals surface area contributed by atoms with Gasteiger partial charge >= 0.3 is 0 Å². The van der Waals surface area contributed by atoms with Gasteiger partial charge in [-0.25, -0.2) is 0 Å². The second-order valence-electron chi connectivity index (χ2n) is 5.45. The van der Waals surface area contributed by atoms with Gasteiger partial charge in [0.25, 0.3) is 0 Å². The molecule has 1 aromatic carbocycles. The van der Waals surface area contributed by atoms with Crippen molar-refractivity contribution in [1.29, 1.82) is 5.26 Å². The topological polar surface area (TPSA) is 47.8 Å². The summed E-state index contributed by atoms with van der Waals surface area (Å²) in [7, 11) is 0. The van der Waals surface area contributed by atoms with E-state index < -0.39 is 0 Å². The smallest absolute Gasteiger partial charge is 0.101 e. The van der Waals surface area contributed by atoms with Gasteiger partial charge in [0.15, 0.2) is 0 Å². The Morgan fingerprint density at radius 1 is 1.50 bits per heavy atom. The summed E-state index contributed by atoms with van der Waals surface area (Å²) >= 11 is 3.40. The number of nitriles is 1. The molecule has 1 atom stereocenters. The van der Waals surface area contributed by atoms with E-state index in [1.807, 2.05) is 18.2 Å². The summed E-state index contributed by atoms with van der Waals surface area (Å²) in [6, 6.07) is 8.44. The van der Waals surface area contributed by atoms with Crippen LogP contribution < -0.4 is 10.6 Å². The minimum atomic E-state index is 0.193. The highest BCUT2D eigenvalue weighted by Crippen LogP contribution is 2.30. The van der Waals surface area contributed by atoms with Crippen LogP contribution in [-0.4, -0.2) is 19.1 Å². The predicted octanol–water partition coefficient (Wildman–Crippen LogP) is 3.12. The van der Waals surface area contributed by atoms with Crippen molar-refractivity contribution >= 4 is 21.6 Å². The average molecular weight is 308 g/mol. The molecule has 1 aliphatic heterocycles. The number of rotatable bonds is 2. The minimum Gasteiger partial charge on any atom is -0.381 e. The molecule has 0 spiro atoms. The number of nitrogens with zero attached hydrogens (tertiary/aromatic N) is 1. The van der Waals surface area contributed by atoms with Crippen LogP contribution in [0.5, 0.6) is 0 Å². The lowest BCUT2D eigenvalue weighted by atomic mass is 9.80. The minimum absolute atomic E-state index is 0.193. The molecule has 18 heavy (non-hydrogen) atoms. The molecule has 96 valence electrons. The number of halogens is 1. The van der Waals surface area contributed by atoms with Gasteiger partial charge in [-0.1, -0.05) is 29.8 Å². The van der Waals surface area contributed by atoms with E-state index in [-0.39, 0.29) is 5.41 Å². The maximum atomic E-state index is 9.18. The third-order valence-electron chi connectivity index (χ3n) is 3.57. The fourth-order valence-electron chi connectivity index (χ4n) is 2.36. The van der Waals surface area contributed by atoms with E-state index in [1.165, 1.54) is 0 Å². The first-order valence-corrected chi connectivity index (χ1v) is 6.99. The molecule has 0 amide bonds. The molecule has 2 N–H and O–H groups in total. The maximum Gasteiger partial charge on any atom is 0.101 e. The molecule has 1 aliphatic rings. The fourth-order valence-corrected chi connectivity index (χ4v) is 2.72. The van der Waals surface area contributed by atoms with Crippen molar-refractivity contribution in [1.82, 2.24) is 5.32 Å². The Bertz CT molecular complexity index is 476. The second kappa shape index (κ2) is 5.29. The lowest BCUT2D eigenvalue weighted by molar-refractivity contribution is 0.236. The first-order chi connectivity index (χ1) is 8.53. The first-order valence-electron chi connectivity index (χ1n) is 6.20. The highest BCUT2D eigenvalue weighted by molar-refractivity contribution is 9.10. The monoisotopic (exact) mass is 307 g/mol. The van der Waals surface area contributed by atoms with Crippen LogP contribution in [0.15, 0.2) is 22.7 Å². The zero-order valence-electron chi connectivity index (χ0n) is 10.8. The quantitative estimate of drug-likeness (QED) is 0.882. The van der Waals surface area contributed by atoms with Crippen LogP contribution in [0.4, 0.5) is 5.69 Å². The van der Waals surface area contributed by atoms with Crippen LogP contribution >= 0.6 is 15.9 Å². The van der Waals surface area contributed by atoms with Crippen LogP contribution in [0.25, 0.3) is 0 Å². The van der Waals surface area contributed by atoms with Crippen LogP contribution in [0.3, 0.4) is 0 Å². The van der Waals surface area contributed by atoms with Gasteiger partial charge in [-0.2, -0.15) is 5.26 Å². The third-order valence-corrected chi connectivity index (χ3v) is 4.06. The van der Waals surface area contributed by atoms with E-state index >= 15 is 0 Å². The van der Waals surface area contributed by atoms with Gasteiger partial charge in [0.2, 0.25) is 0 Å². The van der Waals surface area contributed by atoms with E-state index in [2.05, 4.69) is 46.5 Å². The molecule has 1 unspecified atom stereocenters. The highest BCUT2D eigenvalue weighted by Gasteiger charge is 2.32. The Morgan fingerprint density at radius 2 is 2.28 bits per heavy atom. The molecule has 0 aliphatic carbocycles. The van der Waals surface area contributed by atoms with Gasteiger partial charge < -0.3 is 10.6 Å². The van der Waals surface area contributed by atoms with Gasteiger partial charge in [-0.05, 0) is 36.6 Å². The number of benzene rings is 1. The summed E-state index contributed by atoms with van der Waals surface area (Å²) in [6.07, 6.45) is 1.08. The molecule has 1 saturated heterocycles. The molecule has 0 saturated carbocycles. The Morgan fingerprint density at radius 3 is 2.94 bits per heavy atom. The Labute approximate surface area is 117 Å². The number of anilines is 1. The van der Waals surface area contributed by atoms with Crippen molar-refractivity contribution in [2.24, 2.45) is 5.41 Å². The van der Waals surface area contributed by atoms with Crippen molar-refractivity contribution < 1.29 is 0 Å². The largest absolute Gasteiger partial charge is 0.381 e. The second-order valence-corrected chi connectivity index (χ2v) is 6.37. The van der Waals surface area contributed by atoms with E-state index in [0.29, 0.717) is 11.6 Å². The maximum absolute atomic E-state index is 9.18. The Balaban J connectivity index is 2.21. The fraction of sp³-hybridized carbons (Fsp3) is 0.500. The Hall–Kier alpha value is -1.05. The van der Waals surface area contributed by atoms with Crippen molar-refractivity contribution in [3.63, 3.8) is 0 Å². The van der Waals surface area contributed by atoms with Crippen molar-refractivity contribution in [3.8, 4) is 6.07 Å². The molecule has 3 nitrogen and oxygen atoms in total. The summed E-state index contributed by atoms with van der Waals surface area (Å²) in [5.74, 6) is 0.